The molecule has 0 fully saturated rings. The van der Waals surface area contributed by atoms with E-state index in [9.17, 15) is 0 Å². The van der Waals surface area contributed by atoms with Crippen molar-refractivity contribution < 1.29 is 0 Å². The second-order valence-electron chi connectivity index (χ2n) is 2.42. The summed E-state index contributed by atoms with van der Waals surface area (Å²) in [6.45, 7) is 6.21. The first-order chi connectivity index (χ1) is 5.85. The third kappa shape index (κ3) is 5.69. The summed E-state index contributed by atoms with van der Waals surface area (Å²) in [4.78, 5) is 0. The third-order valence-electron chi connectivity index (χ3n) is 1.22. The molecule has 0 amide bonds. The molecule has 0 radical (unpaired) electrons. The molecule has 0 bridgehead atoms. The predicted octanol–water partition coefficient (Wildman–Crippen LogP) is 2.60. The van der Waals surface area contributed by atoms with E-state index in [0.717, 1.165) is 6.54 Å². The SMILES string of the molecule is C=CC.CNCc1ccccc1. The van der Waals surface area contributed by atoms with Crippen LogP contribution in [0.15, 0.2) is 43.0 Å². The smallest absolute Gasteiger partial charge is 0.0202 e. The van der Waals surface area contributed by atoms with Crippen molar-refractivity contribution in [2.75, 3.05) is 7.05 Å². The van der Waals surface area contributed by atoms with Gasteiger partial charge < -0.3 is 5.32 Å². The molecule has 1 nitrogen and oxygen atoms in total. The first-order valence-corrected chi connectivity index (χ1v) is 4.10. The molecule has 1 heteroatoms. The van der Waals surface area contributed by atoms with Crippen LogP contribution in [-0.2, 0) is 6.54 Å². The number of rotatable bonds is 2. The molecule has 1 aromatic rings. The van der Waals surface area contributed by atoms with Crippen LogP contribution in [0, 0.1) is 0 Å². The van der Waals surface area contributed by atoms with Crippen molar-refractivity contribution in [2.45, 2.75) is 13.5 Å². The lowest BCUT2D eigenvalue weighted by molar-refractivity contribution is 0.818. The van der Waals surface area contributed by atoms with E-state index in [1.54, 1.807) is 6.08 Å². The van der Waals surface area contributed by atoms with E-state index >= 15 is 0 Å². The Labute approximate surface area is 75.1 Å². The highest BCUT2D eigenvalue weighted by atomic mass is 14.8. The van der Waals surface area contributed by atoms with Crippen molar-refractivity contribution in [3.8, 4) is 0 Å². The van der Waals surface area contributed by atoms with Crippen LogP contribution in [-0.4, -0.2) is 7.05 Å². The van der Waals surface area contributed by atoms with Gasteiger partial charge in [0.1, 0.15) is 0 Å². The molecule has 0 aliphatic heterocycles. The fraction of sp³-hybridized carbons (Fsp3) is 0.273. The Kier molecular flexibility index (Phi) is 7.30. The van der Waals surface area contributed by atoms with Gasteiger partial charge in [0.05, 0.1) is 0 Å². The lowest BCUT2D eigenvalue weighted by Gasteiger charge is -1.95. The molecule has 0 unspecified atom stereocenters. The van der Waals surface area contributed by atoms with E-state index in [1.807, 2.05) is 32.2 Å². The lowest BCUT2D eigenvalue weighted by Crippen LogP contribution is -2.04. The topological polar surface area (TPSA) is 12.0 Å². The molecule has 1 rings (SSSR count). The van der Waals surface area contributed by atoms with E-state index in [0.29, 0.717) is 0 Å². The highest BCUT2D eigenvalue weighted by molar-refractivity contribution is 5.13. The summed E-state index contributed by atoms with van der Waals surface area (Å²) in [7, 11) is 1.95. The Bertz CT molecular complexity index is 191. The van der Waals surface area contributed by atoms with Crippen molar-refractivity contribution in [1.82, 2.24) is 5.32 Å². The number of nitrogens with one attached hydrogen (secondary N) is 1. The van der Waals surface area contributed by atoms with Gasteiger partial charge in [-0.15, -0.1) is 6.58 Å². The molecule has 66 valence electrons. The molecule has 0 aromatic heterocycles. The Balaban J connectivity index is 0.000000354. The maximum absolute atomic E-state index is 3.36. The van der Waals surface area contributed by atoms with Gasteiger partial charge >= 0.3 is 0 Å². The molecule has 12 heavy (non-hydrogen) atoms. The molecule has 0 aliphatic rings. The minimum Gasteiger partial charge on any atom is -0.316 e. The van der Waals surface area contributed by atoms with Crippen molar-refractivity contribution in [1.29, 1.82) is 0 Å². The third-order valence-corrected chi connectivity index (χ3v) is 1.22. The van der Waals surface area contributed by atoms with Crippen LogP contribution in [0.3, 0.4) is 0 Å². The fourth-order valence-corrected chi connectivity index (χ4v) is 0.800. The number of hydrogen-bond acceptors (Lipinski definition) is 1. The summed E-state index contributed by atoms with van der Waals surface area (Å²) in [5, 5.41) is 3.08. The molecule has 1 N–H and O–H groups in total. The summed E-state index contributed by atoms with van der Waals surface area (Å²) in [5.41, 5.74) is 1.33. The Morgan fingerprint density at radius 1 is 1.33 bits per heavy atom. The van der Waals surface area contributed by atoms with E-state index in [4.69, 9.17) is 0 Å². The maximum Gasteiger partial charge on any atom is 0.0202 e. The van der Waals surface area contributed by atoms with Gasteiger partial charge in [0, 0.05) is 6.54 Å². The van der Waals surface area contributed by atoms with Crippen molar-refractivity contribution >= 4 is 0 Å². The minimum atomic E-state index is 0.959. The van der Waals surface area contributed by atoms with Crippen LogP contribution < -0.4 is 5.32 Å². The summed E-state index contributed by atoms with van der Waals surface area (Å²) in [6, 6.07) is 10.3. The first kappa shape index (κ1) is 10.9. The standard InChI is InChI=1S/C8H11N.C3H6/c1-9-7-8-5-3-2-4-6-8;1-3-2/h2-6,9H,7H2,1H3;3H,1H2,2H3. The first-order valence-electron chi connectivity index (χ1n) is 4.10. The van der Waals surface area contributed by atoms with Crippen LogP contribution in [0.2, 0.25) is 0 Å². The molecule has 0 saturated carbocycles. The number of benzene rings is 1. The molecule has 0 saturated heterocycles. The quantitative estimate of drug-likeness (QED) is 0.661. The van der Waals surface area contributed by atoms with Crippen LogP contribution in [0.25, 0.3) is 0 Å². The van der Waals surface area contributed by atoms with Gasteiger partial charge in [-0.1, -0.05) is 36.4 Å². The van der Waals surface area contributed by atoms with Crippen LogP contribution in [0.4, 0.5) is 0 Å². The largest absolute Gasteiger partial charge is 0.316 e. The van der Waals surface area contributed by atoms with Gasteiger partial charge in [-0.2, -0.15) is 0 Å². The highest BCUT2D eigenvalue weighted by Gasteiger charge is 1.83. The van der Waals surface area contributed by atoms with Gasteiger partial charge in [-0.3, -0.25) is 0 Å². The zero-order chi connectivity index (χ0) is 9.23. The van der Waals surface area contributed by atoms with Crippen LogP contribution in [0.5, 0.6) is 0 Å². The Morgan fingerprint density at radius 3 is 2.25 bits per heavy atom. The number of allylic oxidation sites excluding steroid dienone is 1. The highest BCUT2D eigenvalue weighted by Crippen LogP contribution is 1.95. The summed E-state index contributed by atoms with van der Waals surface area (Å²) < 4.78 is 0. The molecular formula is C11H17N. The van der Waals surface area contributed by atoms with Gasteiger partial charge in [-0.25, -0.2) is 0 Å². The van der Waals surface area contributed by atoms with Gasteiger partial charge in [0.2, 0.25) is 0 Å². The summed E-state index contributed by atoms with van der Waals surface area (Å²) >= 11 is 0. The second-order valence-corrected chi connectivity index (χ2v) is 2.42. The average molecular weight is 163 g/mol. The van der Waals surface area contributed by atoms with Gasteiger partial charge in [0.15, 0.2) is 0 Å². The van der Waals surface area contributed by atoms with E-state index in [-0.39, 0.29) is 0 Å². The van der Waals surface area contributed by atoms with Crippen molar-refractivity contribution in [3.05, 3.63) is 48.6 Å². The molecule has 0 spiro atoms. The molecule has 1 aromatic carbocycles. The van der Waals surface area contributed by atoms with Gasteiger partial charge in [0.25, 0.3) is 0 Å². The fourth-order valence-electron chi connectivity index (χ4n) is 0.800. The lowest BCUT2D eigenvalue weighted by atomic mass is 10.2. The van der Waals surface area contributed by atoms with E-state index in [1.165, 1.54) is 5.56 Å². The minimum absolute atomic E-state index is 0.959. The average Bonchev–Trinajstić information content (AvgIpc) is 2.08. The van der Waals surface area contributed by atoms with Crippen molar-refractivity contribution in [3.63, 3.8) is 0 Å². The van der Waals surface area contributed by atoms with E-state index in [2.05, 4.69) is 24.0 Å². The van der Waals surface area contributed by atoms with Gasteiger partial charge in [-0.05, 0) is 19.5 Å². The molecule has 0 heterocycles. The molecule has 0 atom stereocenters. The zero-order valence-electron chi connectivity index (χ0n) is 7.88. The van der Waals surface area contributed by atoms with Crippen LogP contribution in [0.1, 0.15) is 12.5 Å². The Hall–Kier alpha value is -1.08. The van der Waals surface area contributed by atoms with Crippen molar-refractivity contribution in [2.24, 2.45) is 0 Å². The normalized spacial score (nSPS) is 8.17. The summed E-state index contributed by atoms with van der Waals surface area (Å²) in [6.07, 6.45) is 1.75. The molecular weight excluding hydrogens is 146 g/mol. The second kappa shape index (κ2) is 8.02. The van der Waals surface area contributed by atoms with Crippen LogP contribution >= 0.6 is 0 Å². The zero-order valence-corrected chi connectivity index (χ0v) is 7.88. The maximum atomic E-state index is 3.36. The van der Waals surface area contributed by atoms with E-state index < -0.39 is 0 Å². The summed E-state index contributed by atoms with van der Waals surface area (Å²) in [5.74, 6) is 0. The predicted molar refractivity (Wildman–Crippen MR) is 55.1 cm³/mol. The Morgan fingerprint density at radius 2 is 1.83 bits per heavy atom. The number of hydrogen-bond donors (Lipinski definition) is 1. The monoisotopic (exact) mass is 163 g/mol. The molecule has 0 aliphatic carbocycles.